The summed E-state index contributed by atoms with van der Waals surface area (Å²) in [6.07, 6.45) is 2.61. The number of rotatable bonds is 16. The third-order valence-corrected chi connectivity index (χ3v) is 11.7. The van der Waals surface area contributed by atoms with Crippen LogP contribution in [0.1, 0.15) is 82.1 Å². The van der Waals surface area contributed by atoms with E-state index in [0.717, 1.165) is 6.42 Å². The maximum atomic E-state index is 16.1. The second kappa shape index (κ2) is 17.4. The zero-order chi connectivity index (χ0) is 40.8. The number of nitrogens with zero attached hydrogens (tertiary/aromatic N) is 1. The van der Waals surface area contributed by atoms with Crippen molar-refractivity contribution in [3.05, 3.63) is 119 Å². The molecule has 10 heteroatoms. The number of nitrogens with two attached hydrogens (primary N) is 1. The molecule has 0 bridgehead atoms. The van der Waals surface area contributed by atoms with Crippen LogP contribution in [0.4, 0.5) is 0 Å². The highest BCUT2D eigenvalue weighted by atomic mass is 16.5. The van der Waals surface area contributed by atoms with Gasteiger partial charge in [0.2, 0.25) is 11.8 Å². The molecule has 0 spiro atoms. The molecule has 0 aliphatic heterocycles. The zero-order valence-electron chi connectivity index (χ0n) is 34.0. The molecule has 4 aromatic rings. The summed E-state index contributed by atoms with van der Waals surface area (Å²) < 4.78 is 22.0. The molecule has 0 saturated heterocycles. The Bertz CT molecular complexity index is 1690. The number of hydrogen-bond donors (Lipinski definition) is 3. The molecule has 0 heterocycles. The maximum Gasteiger partial charge on any atom is 0.239 e. The van der Waals surface area contributed by atoms with Crippen LogP contribution >= 0.6 is 0 Å². The van der Waals surface area contributed by atoms with Crippen LogP contribution in [-0.2, 0) is 20.8 Å². The molecule has 0 aromatic heterocycles. The van der Waals surface area contributed by atoms with Crippen LogP contribution in [0.3, 0.4) is 0 Å². The monoisotopic (exact) mass is 766 g/mol. The molecule has 4 aromatic carbocycles. The van der Waals surface area contributed by atoms with Gasteiger partial charge in [0.25, 0.3) is 0 Å². The fourth-order valence-electron chi connectivity index (χ4n) is 8.80. The number of carbonyl (C=O) groups excluding carboxylic acids is 2. The van der Waals surface area contributed by atoms with Gasteiger partial charge in [-0.05, 0) is 95.5 Å². The SMILES string of the molecule is COc1ccc(C(O)(c2ccc(OC)cc2)[C@@H](C(C)C)N(C(=O)C2(C(N)=O)CCCCC2)[C@H](C(C)C)C(O)(c2ccc(OC)cc2)c2ccc(OC)cc2)cc1. The van der Waals surface area contributed by atoms with Gasteiger partial charge in [-0.3, -0.25) is 9.59 Å². The smallest absolute Gasteiger partial charge is 0.239 e. The highest BCUT2D eigenvalue weighted by Crippen LogP contribution is 2.50. The van der Waals surface area contributed by atoms with E-state index < -0.39 is 52.4 Å². The first-order valence-corrected chi connectivity index (χ1v) is 19.4. The van der Waals surface area contributed by atoms with Crippen molar-refractivity contribution in [3.8, 4) is 23.0 Å². The standard InChI is InChI=1S/C46H58N2O8/c1-30(2)40(45(51,32-12-20-36(53-5)21-13-32)33-14-22-37(54-6)23-15-33)48(43(50)44(42(47)49)28-10-9-11-29-44)41(31(3)4)46(52,34-16-24-38(55-7)25-17-34)35-18-26-39(56-8)27-19-35/h12-27,30-31,40-41,51-52H,9-11,28-29H2,1-8H3,(H2,47,49)/t40-,41-/m1/s1. The highest BCUT2D eigenvalue weighted by Gasteiger charge is 2.59. The Morgan fingerprint density at radius 1 is 0.554 bits per heavy atom. The normalized spacial score (nSPS) is 15.5. The molecule has 4 N–H and O–H groups in total. The summed E-state index contributed by atoms with van der Waals surface area (Å²) in [7, 11) is 6.29. The molecule has 0 radical (unpaired) electrons. The molecule has 2 amide bonds. The van der Waals surface area contributed by atoms with Crippen molar-refractivity contribution in [2.45, 2.75) is 83.1 Å². The van der Waals surface area contributed by atoms with Gasteiger partial charge in [0.15, 0.2) is 0 Å². The fourth-order valence-corrected chi connectivity index (χ4v) is 8.80. The predicted octanol–water partition coefficient (Wildman–Crippen LogP) is 7.21. The predicted molar refractivity (Wildman–Crippen MR) is 217 cm³/mol. The molecule has 5 rings (SSSR count). The van der Waals surface area contributed by atoms with E-state index >= 15 is 4.79 Å². The average Bonchev–Trinajstić information content (AvgIpc) is 3.22. The molecule has 1 saturated carbocycles. The van der Waals surface area contributed by atoms with E-state index in [-0.39, 0.29) is 12.8 Å². The van der Waals surface area contributed by atoms with E-state index in [4.69, 9.17) is 24.7 Å². The van der Waals surface area contributed by atoms with Gasteiger partial charge in [-0.25, -0.2) is 0 Å². The second-order valence-electron chi connectivity index (χ2n) is 15.5. The molecule has 10 nitrogen and oxygen atoms in total. The first kappa shape index (κ1) is 42.1. The lowest BCUT2D eigenvalue weighted by Crippen LogP contribution is -2.69. The Kier molecular flexibility index (Phi) is 13.1. The zero-order valence-corrected chi connectivity index (χ0v) is 34.0. The summed E-state index contributed by atoms with van der Waals surface area (Å²) in [4.78, 5) is 31.6. The van der Waals surface area contributed by atoms with Crippen LogP contribution < -0.4 is 24.7 Å². The van der Waals surface area contributed by atoms with Crippen LogP contribution in [0.15, 0.2) is 97.1 Å². The van der Waals surface area contributed by atoms with Crippen molar-refractivity contribution in [3.63, 3.8) is 0 Å². The summed E-state index contributed by atoms with van der Waals surface area (Å²) in [6, 6.07) is 26.3. The number of aliphatic hydroxyl groups is 2. The molecule has 1 aliphatic carbocycles. The van der Waals surface area contributed by atoms with E-state index in [9.17, 15) is 15.0 Å². The number of methoxy groups -OCH3 is 4. The molecule has 1 aliphatic rings. The fraction of sp³-hybridized carbons (Fsp3) is 0.435. The minimum absolute atomic E-state index is 0.250. The van der Waals surface area contributed by atoms with Gasteiger partial charge in [0.1, 0.15) is 39.6 Å². The van der Waals surface area contributed by atoms with Crippen LogP contribution in [0, 0.1) is 17.3 Å². The second-order valence-corrected chi connectivity index (χ2v) is 15.5. The minimum Gasteiger partial charge on any atom is -0.497 e. The lowest BCUT2D eigenvalue weighted by molar-refractivity contribution is -0.175. The van der Waals surface area contributed by atoms with Crippen molar-refractivity contribution < 1.29 is 38.7 Å². The Hall–Kier alpha value is -5.06. The number of carbonyl (C=O) groups is 2. The van der Waals surface area contributed by atoms with Gasteiger partial charge >= 0.3 is 0 Å². The average molecular weight is 767 g/mol. The molecular formula is C46H58N2O8. The van der Waals surface area contributed by atoms with Gasteiger partial charge in [-0.2, -0.15) is 0 Å². The van der Waals surface area contributed by atoms with Gasteiger partial charge in [0, 0.05) is 0 Å². The lowest BCUT2D eigenvalue weighted by atomic mass is 9.67. The number of hydrogen-bond acceptors (Lipinski definition) is 8. The third-order valence-electron chi connectivity index (χ3n) is 11.7. The van der Waals surface area contributed by atoms with E-state index in [1.807, 2.05) is 27.7 Å². The van der Waals surface area contributed by atoms with Gasteiger partial charge < -0.3 is 39.8 Å². The topological polar surface area (TPSA) is 141 Å². The molecular weight excluding hydrogens is 709 g/mol. The summed E-state index contributed by atoms with van der Waals surface area (Å²) in [5, 5.41) is 27.6. The Balaban J connectivity index is 1.93. The van der Waals surface area contributed by atoms with Crippen LogP contribution in [0.2, 0.25) is 0 Å². The van der Waals surface area contributed by atoms with Crippen LogP contribution in [-0.4, -0.2) is 67.5 Å². The van der Waals surface area contributed by atoms with Crippen LogP contribution in [0.5, 0.6) is 23.0 Å². The van der Waals surface area contributed by atoms with E-state index in [1.54, 1.807) is 130 Å². The van der Waals surface area contributed by atoms with E-state index in [1.165, 1.54) is 0 Å². The summed E-state index contributed by atoms with van der Waals surface area (Å²) in [5.74, 6) is 0.186. The Labute approximate surface area is 331 Å². The number of primary amides is 1. The van der Waals surface area contributed by atoms with E-state index in [2.05, 4.69) is 0 Å². The molecule has 2 atom stereocenters. The molecule has 1 fully saturated rings. The van der Waals surface area contributed by atoms with E-state index in [0.29, 0.717) is 58.1 Å². The van der Waals surface area contributed by atoms with Crippen molar-refractivity contribution in [2.24, 2.45) is 23.0 Å². The number of benzene rings is 4. The van der Waals surface area contributed by atoms with Crippen molar-refractivity contribution in [1.82, 2.24) is 4.90 Å². The summed E-state index contributed by atoms with van der Waals surface area (Å²) >= 11 is 0. The Morgan fingerprint density at radius 3 is 1.04 bits per heavy atom. The summed E-state index contributed by atoms with van der Waals surface area (Å²) in [5.41, 5.74) is 2.84. The third kappa shape index (κ3) is 7.69. The minimum atomic E-state index is -1.91. The van der Waals surface area contributed by atoms with Crippen molar-refractivity contribution in [2.75, 3.05) is 28.4 Å². The number of ether oxygens (including phenoxy) is 4. The molecule has 0 unspecified atom stereocenters. The largest absolute Gasteiger partial charge is 0.497 e. The van der Waals surface area contributed by atoms with Gasteiger partial charge in [-0.15, -0.1) is 0 Å². The highest BCUT2D eigenvalue weighted by molar-refractivity contribution is 6.05. The first-order valence-electron chi connectivity index (χ1n) is 19.4. The number of amides is 2. The van der Waals surface area contributed by atoms with Gasteiger partial charge in [0.05, 0.1) is 40.5 Å². The quantitative estimate of drug-likeness (QED) is 0.102. The first-order chi connectivity index (χ1) is 26.7. The molecule has 56 heavy (non-hydrogen) atoms. The molecule has 300 valence electrons. The van der Waals surface area contributed by atoms with Crippen molar-refractivity contribution >= 4 is 11.8 Å². The Morgan fingerprint density at radius 2 is 0.821 bits per heavy atom. The van der Waals surface area contributed by atoms with Crippen LogP contribution in [0.25, 0.3) is 0 Å². The van der Waals surface area contributed by atoms with Gasteiger partial charge in [-0.1, -0.05) is 95.5 Å². The maximum absolute atomic E-state index is 16.1. The summed E-state index contributed by atoms with van der Waals surface area (Å²) in [6.45, 7) is 7.77. The lowest BCUT2D eigenvalue weighted by Gasteiger charge is -2.55. The van der Waals surface area contributed by atoms with Crippen molar-refractivity contribution in [1.29, 1.82) is 0 Å².